The van der Waals surface area contributed by atoms with Gasteiger partial charge in [0.15, 0.2) is 11.5 Å². The van der Waals surface area contributed by atoms with Crippen LogP contribution in [0.1, 0.15) is 0 Å². The van der Waals surface area contributed by atoms with Crippen molar-refractivity contribution >= 4 is 17.4 Å². The molecule has 19 heavy (non-hydrogen) atoms. The lowest BCUT2D eigenvalue weighted by Crippen LogP contribution is -2.43. The highest BCUT2D eigenvalue weighted by Gasteiger charge is 2.23. The van der Waals surface area contributed by atoms with Crippen LogP contribution in [0.5, 0.6) is 0 Å². The predicted molar refractivity (Wildman–Crippen MR) is 64.5 cm³/mol. The minimum Gasteiger partial charge on any atom is -0.378 e. The molecule has 0 aromatic heterocycles. The van der Waals surface area contributed by atoms with Gasteiger partial charge in [-0.25, -0.2) is 9.18 Å². The van der Waals surface area contributed by atoms with Gasteiger partial charge in [-0.15, -0.1) is 0 Å². The van der Waals surface area contributed by atoms with Gasteiger partial charge in [-0.05, 0) is 6.07 Å². The maximum absolute atomic E-state index is 13.6. The van der Waals surface area contributed by atoms with Gasteiger partial charge < -0.3 is 9.64 Å². The first-order valence-electron chi connectivity index (χ1n) is 5.66. The van der Waals surface area contributed by atoms with Crippen molar-refractivity contribution in [1.29, 1.82) is 0 Å². The lowest BCUT2D eigenvalue weighted by molar-refractivity contribution is -0.384. The van der Waals surface area contributed by atoms with Gasteiger partial charge in [0, 0.05) is 19.2 Å². The number of ether oxygens (including phenoxy) is 1. The third kappa shape index (κ3) is 2.97. The molecular weight excluding hydrogens is 257 g/mol. The molecule has 0 unspecified atom stereocenters. The second-order valence-corrected chi connectivity index (χ2v) is 3.92. The molecule has 1 fully saturated rings. The number of halogens is 1. The SMILES string of the molecule is O=C(Nc1c(F)cccc1[N+](=O)[O-])N1CCOCC1. The molecule has 1 aromatic rings. The van der Waals surface area contributed by atoms with Gasteiger partial charge in [-0.1, -0.05) is 6.07 Å². The molecular formula is C11H12FN3O4. The third-order valence-corrected chi connectivity index (χ3v) is 2.72. The number of morpholine rings is 1. The standard InChI is InChI=1S/C11H12FN3O4/c12-8-2-1-3-9(15(17)18)10(8)13-11(16)14-4-6-19-7-5-14/h1-3H,4-7H2,(H,13,16). The van der Waals surface area contributed by atoms with E-state index in [4.69, 9.17) is 4.74 Å². The van der Waals surface area contributed by atoms with Crippen molar-refractivity contribution in [2.45, 2.75) is 0 Å². The number of carbonyl (C=O) groups is 1. The highest BCUT2D eigenvalue weighted by molar-refractivity contribution is 5.92. The van der Waals surface area contributed by atoms with Crippen LogP contribution in [0.15, 0.2) is 18.2 Å². The number of benzene rings is 1. The monoisotopic (exact) mass is 269 g/mol. The Morgan fingerprint density at radius 1 is 1.42 bits per heavy atom. The Kier molecular flexibility index (Phi) is 3.91. The van der Waals surface area contributed by atoms with Crippen molar-refractivity contribution in [2.75, 3.05) is 31.6 Å². The largest absolute Gasteiger partial charge is 0.378 e. The summed E-state index contributed by atoms with van der Waals surface area (Å²) in [6.07, 6.45) is 0. The Bertz CT molecular complexity index is 503. The Balaban J connectivity index is 2.18. The van der Waals surface area contributed by atoms with Crippen LogP contribution >= 0.6 is 0 Å². The van der Waals surface area contributed by atoms with Crippen LogP contribution in [0.2, 0.25) is 0 Å². The smallest absolute Gasteiger partial charge is 0.322 e. The van der Waals surface area contributed by atoms with E-state index in [0.717, 1.165) is 12.1 Å². The zero-order chi connectivity index (χ0) is 13.8. The Hall–Kier alpha value is -2.22. The number of nitro benzene ring substituents is 1. The normalized spacial score (nSPS) is 15.1. The quantitative estimate of drug-likeness (QED) is 0.652. The molecule has 1 aliphatic heterocycles. The van der Waals surface area contributed by atoms with Gasteiger partial charge in [-0.3, -0.25) is 15.4 Å². The number of nitro groups is 1. The van der Waals surface area contributed by atoms with Gasteiger partial charge in [0.2, 0.25) is 0 Å². The Morgan fingerprint density at radius 3 is 2.74 bits per heavy atom. The number of hydrogen-bond donors (Lipinski definition) is 1. The van der Waals surface area contributed by atoms with Crippen LogP contribution < -0.4 is 5.32 Å². The second-order valence-electron chi connectivity index (χ2n) is 3.92. The molecule has 1 aromatic carbocycles. The molecule has 2 rings (SSSR count). The van der Waals surface area contributed by atoms with E-state index in [0.29, 0.717) is 26.3 Å². The third-order valence-electron chi connectivity index (χ3n) is 2.72. The molecule has 1 aliphatic rings. The molecule has 1 heterocycles. The molecule has 2 amide bonds. The molecule has 0 saturated carbocycles. The van der Waals surface area contributed by atoms with E-state index in [9.17, 15) is 19.3 Å². The summed E-state index contributed by atoms with van der Waals surface area (Å²) in [6.45, 7) is 1.53. The molecule has 0 radical (unpaired) electrons. The molecule has 0 atom stereocenters. The summed E-state index contributed by atoms with van der Waals surface area (Å²) in [7, 11) is 0. The van der Waals surface area contributed by atoms with Crippen LogP contribution in [0.4, 0.5) is 20.6 Å². The van der Waals surface area contributed by atoms with Gasteiger partial charge in [0.1, 0.15) is 0 Å². The van der Waals surface area contributed by atoms with E-state index in [2.05, 4.69) is 5.32 Å². The molecule has 0 aliphatic carbocycles. The lowest BCUT2D eigenvalue weighted by Gasteiger charge is -2.26. The molecule has 1 saturated heterocycles. The topological polar surface area (TPSA) is 84.7 Å². The van der Waals surface area contributed by atoms with Gasteiger partial charge >= 0.3 is 6.03 Å². The number of carbonyl (C=O) groups excluding carboxylic acids is 1. The fraction of sp³-hybridized carbons (Fsp3) is 0.364. The highest BCUT2D eigenvalue weighted by Crippen LogP contribution is 2.27. The summed E-state index contributed by atoms with van der Waals surface area (Å²) in [5, 5.41) is 13.0. The Labute approximate surface area is 108 Å². The predicted octanol–water partition coefficient (Wildman–Crippen LogP) is 1.60. The summed E-state index contributed by atoms with van der Waals surface area (Å²) in [6, 6.07) is 2.84. The van der Waals surface area contributed by atoms with Crippen molar-refractivity contribution in [3.8, 4) is 0 Å². The number of rotatable bonds is 2. The second kappa shape index (κ2) is 5.61. The first kappa shape index (κ1) is 13.2. The van der Waals surface area contributed by atoms with E-state index in [1.165, 1.54) is 11.0 Å². The molecule has 102 valence electrons. The van der Waals surface area contributed by atoms with Crippen LogP contribution in [-0.2, 0) is 4.74 Å². The first-order chi connectivity index (χ1) is 9.09. The summed E-state index contributed by atoms with van der Waals surface area (Å²) < 4.78 is 18.7. The van der Waals surface area contributed by atoms with E-state index in [1.807, 2.05) is 0 Å². The average Bonchev–Trinajstić information content (AvgIpc) is 2.41. The number of urea groups is 1. The molecule has 0 bridgehead atoms. The minimum atomic E-state index is -0.837. The maximum atomic E-state index is 13.6. The van der Waals surface area contributed by atoms with E-state index >= 15 is 0 Å². The number of nitrogens with zero attached hydrogens (tertiary/aromatic N) is 2. The zero-order valence-corrected chi connectivity index (χ0v) is 9.97. The summed E-state index contributed by atoms with van der Waals surface area (Å²) in [4.78, 5) is 23.3. The average molecular weight is 269 g/mol. The molecule has 0 spiro atoms. The summed E-state index contributed by atoms with van der Waals surface area (Å²) in [5.41, 5.74) is -0.884. The minimum absolute atomic E-state index is 0.369. The molecule has 1 N–H and O–H groups in total. The van der Waals surface area contributed by atoms with Crippen molar-refractivity contribution in [3.05, 3.63) is 34.1 Å². The van der Waals surface area contributed by atoms with Crippen molar-refractivity contribution in [3.63, 3.8) is 0 Å². The lowest BCUT2D eigenvalue weighted by atomic mass is 10.2. The first-order valence-corrected chi connectivity index (χ1v) is 5.66. The zero-order valence-electron chi connectivity index (χ0n) is 9.97. The molecule has 7 nitrogen and oxygen atoms in total. The maximum Gasteiger partial charge on any atom is 0.322 e. The number of anilines is 1. The van der Waals surface area contributed by atoms with Gasteiger partial charge in [0.25, 0.3) is 5.69 Å². The van der Waals surface area contributed by atoms with Crippen molar-refractivity contribution < 1.29 is 18.8 Å². The van der Waals surface area contributed by atoms with Crippen LogP contribution in [0, 0.1) is 15.9 Å². The summed E-state index contributed by atoms with van der Waals surface area (Å²) >= 11 is 0. The van der Waals surface area contributed by atoms with Gasteiger partial charge in [0.05, 0.1) is 18.1 Å². The Morgan fingerprint density at radius 2 is 2.11 bits per heavy atom. The van der Waals surface area contributed by atoms with Crippen LogP contribution in [0.3, 0.4) is 0 Å². The van der Waals surface area contributed by atoms with Crippen molar-refractivity contribution in [1.82, 2.24) is 4.90 Å². The summed E-state index contributed by atoms with van der Waals surface area (Å²) in [5.74, 6) is -0.837. The number of para-hydroxylation sites is 1. The molecule has 8 heteroatoms. The fourth-order valence-corrected chi connectivity index (χ4v) is 1.74. The van der Waals surface area contributed by atoms with Crippen molar-refractivity contribution in [2.24, 2.45) is 0 Å². The van der Waals surface area contributed by atoms with E-state index in [1.54, 1.807) is 0 Å². The van der Waals surface area contributed by atoms with Crippen LogP contribution in [0.25, 0.3) is 0 Å². The van der Waals surface area contributed by atoms with E-state index < -0.39 is 28.1 Å². The van der Waals surface area contributed by atoms with Crippen LogP contribution in [-0.4, -0.2) is 42.2 Å². The number of hydrogen-bond acceptors (Lipinski definition) is 4. The number of nitrogens with one attached hydrogen (secondary N) is 1. The number of amides is 2. The highest BCUT2D eigenvalue weighted by atomic mass is 19.1. The van der Waals surface area contributed by atoms with Gasteiger partial charge in [-0.2, -0.15) is 0 Å². The van der Waals surface area contributed by atoms with E-state index in [-0.39, 0.29) is 0 Å². The fourth-order valence-electron chi connectivity index (χ4n) is 1.74.